The molecule has 0 saturated heterocycles. The van der Waals surface area contributed by atoms with Gasteiger partial charge >= 0.3 is 0 Å². The highest BCUT2D eigenvalue weighted by Crippen LogP contribution is 2.28. The number of nitrogens with two attached hydrogens (primary N) is 1. The summed E-state index contributed by atoms with van der Waals surface area (Å²) in [7, 11) is -2.37. The van der Waals surface area contributed by atoms with Gasteiger partial charge in [0.15, 0.2) is 5.82 Å². The van der Waals surface area contributed by atoms with Crippen molar-refractivity contribution in [3.63, 3.8) is 0 Å². The summed E-state index contributed by atoms with van der Waals surface area (Å²) in [6, 6.07) is 3.90. The molecule has 2 heterocycles. The maximum atomic E-state index is 11.5. The zero-order valence-corrected chi connectivity index (χ0v) is 12.9. The van der Waals surface area contributed by atoms with Crippen molar-refractivity contribution in [1.82, 2.24) is 14.8 Å². The number of hydrogen-bond donors (Lipinski definition) is 1. The first kappa shape index (κ1) is 15.1. The third-order valence-electron chi connectivity index (χ3n) is 2.72. The number of methoxy groups -OCH3 is 1. The molecule has 0 fully saturated rings. The lowest BCUT2D eigenvalue weighted by molar-refractivity contribution is 0.185. The predicted molar refractivity (Wildman–Crippen MR) is 76.0 cm³/mol. The Bertz CT molecular complexity index is 690. The first-order valence-corrected chi connectivity index (χ1v) is 8.37. The largest absolute Gasteiger partial charge is 0.383 e. The summed E-state index contributed by atoms with van der Waals surface area (Å²) in [6.07, 6.45) is 0.916. The molecule has 2 rings (SSSR count). The van der Waals surface area contributed by atoms with Crippen molar-refractivity contribution < 1.29 is 13.2 Å². The lowest BCUT2D eigenvalue weighted by Crippen LogP contribution is -2.20. The molecule has 0 atom stereocenters. The number of thiophene rings is 1. The molecule has 2 N–H and O–H groups in total. The second-order valence-electron chi connectivity index (χ2n) is 4.12. The highest BCUT2D eigenvalue weighted by atomic mass is 32.2. The number of aromatic nitrogens is 3. The highest BCUT2D eigenvalue weighted by molar-refractivity contribution is 7.89. The Hall–Kier alpha value is -1.29. The summed E-state index contributed by atoms with van der Waals surface area (Å²) in [5.74, 6) is 0.496. The van der Waals surface area contributed by atoms with Gasteiger partial charge in [0.1, 0.15) is 0 Å². The average Bonchev–Trinajstić information content (AvgIpc) is 3.01. The molecule has 0 amide bonds. The van der Waals surface area contributed by atoms with E-state index >= 15 is 0 Å². The molecule has 20 heavy (non-hydrogen) atoms. The summed E-state index contributed by atoms with van der Waals surface area (Å²) in [5.41, 5.74) is 0. The summed E-state index contributed by atoms with van der Waals surface area (Å²) in [5, 5.41) is 12.6. The maximum Gasteiger partial charge on any atom is 0.273 e. The zero-order chi connectivity index (χ0) is 14.8. The Morgan fingerprint density at radius 1 is 1.40 bits per heavy atom. The molecule has 0 saturated carbocycles. The van der Waals surface area contributed by atoms with Crippen molar-refractivity contribution in [2.75, 3.05) is 13.7 Å². The summed E-state index contributed by atoms with van der Waals surface area (Å²) < 4.78 is 29.5. The van der Waals surface area contributed by atoms with Crippen molar-refractivity contribution >= 4 is 21.4 Å². The van der Waals surface area contributed by atoms with Gasteiger partial charge in [-0.05, 0) is 18.6 Å². The lowest BCUT2D eigenvalue weighted by Gasteiger charge is -2.07. The fraction of sp³-hybridized carbons (Fsp3) is 0.455. The van der Waals surface area contributed by atoms with Crippen molar-refractivity contribution in [3.8, 4) is 10.7 Å². The van der Waals surface area contributed by atoms with Crippen LogP contribution in [0.2, 0.25) is 0 Å². The van der Waals surface area contributed by atoms with Crippen LogP contribution in [-0.4, -0.2) is 36.9 Å². The molecule has 0 aromatic carbocycles. The van der Waals surface area contributed by atoms with E-state index < -0.39 is 10.0 Å². The van der Waals surface area contributed by atoms with E-state index in [1.54, 1.807) is 18.4 Å². The van der Waals surface area contributed by atoms with Gasteiger partial charge in [0.2, 0.25) is 0 Å². The van der Waals surface area contributed by atoms with Gasteiger partial charge in [0.05, 0.1) is 18.0 Å². The van der Waals surface area contributed by atoms with Gasteiger partial charge in [-0.25, -0.2) is 13.6 Å². The fourth-order valence-corrected chi connectivity index (χ4v) is 3.33. The molecule has 7 nitrogen and oxygen atoms in total. The molecule has 0 radical (unpaired) electrons. The van der Waals surface area contributed by atoms with Crippen molar-refractivity contribution in [1.29, 1.82) is 0 Å². The van der Waals surface area contributed by atoms with E-state index in [2.05, 4.69) is 17.1 Å². The standard InChI is InChI=1S/C11H16N4O3S2/c1-3-8-4-5-9(19-8)10-13-14-11(20(12,16)17)15(10)6-7-18-2/h4-5H,3,6-7H2,1-2H3,(H2,12,16,17). The first-order valence-electron chi connectivity index (χ1n) is 6.01. The van der Waals surface area contributed by atoms with Gasteiger partial charge in [-0.3, -0.25) is 4.57 Å². The molecule has 0 unspecified atom stereocenters. The molecule has 2 aromatic rings. The highest BCUT2D eigenvalue weighted by Gasteiger charge is 2.22. The molecule has 0 aliphatic carbocycles. The van der Waals surface area contributed by atoms with E-state index in [4.69, 9.17) is 9.88 Å². The van der Waals surface area contributed by atoms with Crippen LogP contribution in [0.5, 0.6) is 0 Å². The average molecular weight is 316 g/mol. The van der Waals surface area contributed by atoms with Crippen LogP contribution >= 0.6 is 11.3 Å². The molecular formula is C11H16N4O3S2. The third-order valence-corrected chi connectivity index (χ3v) is 4.76. The topological polar surface area (TPSA) is 100 Å². The molecule has 9 heteroatoms. The van der Waals surface area contributed by atoms with Gasteiger partial charge in [-0.2, -0.15) is 0 Å². The molecular weight excluding hydrogens is 300 g/mol. The molecule has 2 aromatic heterocycles. The van der Waals surface area contributed by atoms with Crippen LogP contribution in [0.1, 0.15) is 11.8 Å². The third kappa shape index (κ3) is 3.06. The number of hydrogen-bond acceptors (Lipinski definition) is 6. The lowest BCUT2D eigenvalue weighted by atomic mass is 10.3. The molecule has 110 valence electrons. The number of primary sulfonamides is 1. The number of sulfonamides is 1. The number of nitrogens with zero attached hydrogens (tertiary/aromatic N) is 3. The van der Waals surface area contributed by atoms with Crippen LogP contribution in [-0.2, 0) is 27.7 Å². The van der Waals surface area contributed by atoms with E-state index in [1.165, 1.54) is 9.44 Å². The monoisotopic (exact) mass is 316 g/mol. The second-order valence-corrected chi connectivity index (χ2v) is 6.74. The quantitative estimate of drug-likeness (QED) is 0.852. The Morgan fingerprint density at radius 2 is 2.15 bits per heavy atom. The number of ether oxygens (including phenoxy) is 1. The van der Waals surface area contributed by atoms with Crippen LogP contribution in [0.3, 0.4) is 0 Å². The smallest absolute Gasteiger partial charge is 0.273 e. The molecule has 0 aliphatic heterocycles. The minimum absolute atomic E-state index is 0.240. The van der Waals surface area contributed by atoms with Crippen molar-refractivity contribution in [2.24, 2.45) is 5.14 Å². The molecule has 0 spiro atoms. The second kappa shape index (κ2) is 6.00. The summed E-state index contributed by atoms with van der Waals surface area (Å²) >= 11 is 1.56. The molecule has 0 bridgehead atoms. The molecule has 0 aliphatic rings. The van der Waals surface area contributed by atoms with Crippen LogP contribution in [0.15, 0.2) is 17.3 Å². The van der Waals surface area contributed by atoms with Crippen molar-refractivity contribution in [3.05, 3.63) is 17.0 Å². The van der Waals surface area contributed by atoms with E-state index in [9.17, 15) is 8.42 Å². The number of aryl methyl sites for hydroxylation is 1. The van der Waals surface area contributed by atoms with Crippen LogP contribution in [0, 0.1) is 0 Å². The Kier molecular flexibility index (Phi) is 4.53. The first-order chi connectivity index (χ1) is 9.47. The Labute approximate surface area is 121 Å². The number of rotatable bonds is 6. The Morgan fingerprint density at radius 3 is 2.70 bits per heavy atom. The van der Waals surface area contributed by atoms with Gasteiger partial charge in [-0.15, -0.1) is 21.5 Å². The van der Waals surface area contributed by atoms with Crippen LogP contribution < -0.4 is 5.14 Å². The Balaban J connectivity index is 2.49. The van der Waals surface area contributed by atoms with Crippen LogP contribution in [0.4, 0.5) is 0 Å². The minimum Gasteiger partial charge on any atom is -0.383 e. The van der Waals surface area contributed by atoms with Gasteiger partial charge < -0.3 is 4.74 Å². The SMILES string of the molecule is CCc1ccc(-c2nnc(S(N)(=O)=O)n2CCOC)s1. The normalized spacial score (nSPS) is 11.9. The minimum atomic E-state index is -3.91. The summed E-state index contributed by atoms with van der Waals surface area (Å²) in [4.78, 5) is 2.05. The van der Waals surface area contributed by atoms with Crippen LogP contribution in [0.25, 0.3) is 10.7 Å². The van der Waals surface area contributed by atoms with Crippen molar-refractivity contribution in [2.45, 2.75) is 25.0 Å². The fourth-order valence-electron chi connectivity index (χ4n) is 1.75. The predicted octanol–water partition coefficient (Wildman–Crippen LogP) is 0.863. The van der Waals surface area contributed by atoms with Gasteiger partial charge in [-0.1, -0.05) is 6.92 Å². The van der Waals surface area contributed by atoms with Gasteiger partial charge in [0.25, 0.3) is 15.2 Å². The summed E-state index contributed by atoms with van der Waals surface area (Å²) in [6.45, 7) is 2.73. The maximum absolute atomic E-state index is 11.5. The van der Waals surface area contributed by atoms with E-state index in [-0.39, 0.29) is 5.16 Å². The zero-order valence-electron chi connectivity index (χ0n) is 11.2. The van der Waals surface area contributed by atoms with E-state index in [0.717, 1.165) is 11.3 Å². The van der Waals surface area contributed by atoms with E-state index in [0.29, 0.717) is 19.0 Å². The van der Waals surface area contributed by atoms with Gasteiger partial charge in [0, 0.05) is 12.0 Å². The van der Waals surface area contributed by atoms with E-state index in [1.807, 2.05) is 12.1 Å².